The van der Waals surface area contributed by atoms with Crippen LogP contribution in [0.3, 0.4) is 0 Å². The van der Waals surface area contributed by atoms with Crippen LogP contribution in [-0.4, -0.2) is 176 Å². The summed E-state index contributed by atoms with van der Waals surface area (Å²) in [4.78, 5) is 73.4. The number of allylic oxidation sites excluding steroid dienone is 6. The van der Waals surface area contributed by atoms with E-state index in [4.69, 9.17) is 47.4 Å². The van der Waals surface area contributed by atoms with Gasteiger partial charge in [-0.2, -0.15) is 0 Å². The Morgan fingerprint density at radius 2 is 1.43 bits per heavy atom. The lowest BCUT2D eigenvalue weighted by Gasteiger charge is -2.43. The predicted octanol–water partition coefficient (Wildman–Crippen LogP) is 7.54. The highest BCUT2D eigenvalue weighted by Gasteiger charge is 2.53. The molecular formula is C59H95NO16. The van der Waals surface area contributed by atoms with Crippen LogP contribution in [0.5, 0.6) is 0 Å². The van der Waals surface area contributed by atoms with E-state index in [9.17, 15) is 29.1 Å². The number of Topliss-reactive ketones (excluding diaryl/α,β-unsaturated/α-hetero) is 3. The van der Waals surface area contributed by atoms with Gasteiger partial charge in [-0.3, -0.25) is 19.2 Å². The molecule has 432 valence electrons. The Kier molecular flexibility index (Phi) is 28.4. The number of rotatable bonds is 17. The summed E-state index contributed by atoms with van der Waals surface area (Å²) < 4.78 is 58.8. The Labute approximate surface area is 454 Å². The van der Waals surface area contributed by atoms with Crippen molar-refractivity contribution in [1.82, 2.24) is 4.90 Å². The number of carbonyl (C=O) groups excluding carboxylic acids is 5. The minimum atomic E-state index is -2.47. The SMILES string of the molecule is COCCOCCO[C@H]1C[C@@H]2CC[C@@H](C)[C@@](O)(O2)C(=O)C(=O)N2CCCC[C@H]2C(=O)O[C@H]([C@H](C)C[C@@H]2CC[C@@H](OCCOC)[C@H](OC)C2)CC(=O)[C@H](C)/C=C(\C)[C@@H](OC)[C@@H](OC)C(=O)[C@H](C)C[C@H](C)/C=C/C=CC=C1C. The van der Waals surface area contributed by atoms with Crippen LogP contribution in [0, 0.1) is 35.5 Å². The second-order valence-corrected chi connectivity index (χ2v) is 21.9. The molecule has 0 unspecified atom stereocenters. The average molecular weight is 1070 g/mol. The molecular weight excluding hydrogens is 979 g/mol. The summed E-state index contributed by atoms with van der Waals surface area (Å²) in [7, 11) is 7.91. The van der Waals surface area contributed by atoms with Gasteiger partial charge in [0.15, 0.2) is 5.78 Å². The van der Waals surface area contributed by atoms with Gasteiger partial charge in [0.2, 0.25) is 5.79 Å². The van der Waals surface area contributed by atoms with Gasteiger partial charge in [-0.1, -0.05) is 71.1 Å². The molecule has 76 heavy (non-hydrogen) atoms. The summed E-state index contributed by atoms with van der Waals surface area (Å²) in [6, 6.07) is -1.14. The van der Waals surface area contributed by atoms with E-state index in [1.54, 1.807) is 41.3 Å². The molecule has 1 amide bonds. The number of ketones is 3. The van der Waals surface area contributed by atoms with Crippen molar-refractivity contribution >= 4 is 29.2 Å². The Hall–Kier alpha value is -3.49. The number of esters is 1. The second kappa shape index (κ2) is 33.2. The number of hydrogen-bond donors (Lipinski definition) is 1. The third-order valence-corrected chi connectivity index (χ3v) is 16.0. The number of nitrogens with zero attached hydrogens (tertiary/aromatic N) is 1. The van der Waals surface area contributed by atoms with Crippen molar-refractivity contribution in [2.45, 2.75) is 180 Å². The van der Waals surface area contributed by atoms with Gasteiger partial charge in [-0.15, -0.1) is 0 Å². The Morgan fingerprint density at radius 3 is 2.13 bits per heavy atom. The monoisotopic (exact) mass is 1070 g/mol. The normalized spacial score (nSPS) is 35.2. The lowest BCUT2D eigenvalue weighted by atomic mass is 9.78. The summed E-state index contributed by atoms with van der Waals surface area (Å²) in [5.41, 5.74) is 1.51. The molecule has 17 heteroatoms. The molecule has 0 spiro atoms. The highest BCUT2D eigenvalue weighted by molar-refractivity contribution is 6.39. The number of aliphatic hydroxyl groups is 1. The molecule has 1 saturated carbocycles. The van der Waals surface area contributed by atoms with E-state index in [1.165, 1.54) is 19.1 Å². The zero-order valence-electron chi connectivity index (χ0n) is 48.0. The number of cyclic esters (lactones) is 1. The Bertz CT molecular complexity index is 1950. The summed E-state index contributed by atoms with van der Waals surface area (Å²) in [5.74, 6) is -7.55. The van der Waals surface area contributed by atoms with Gasteiger partial charge >= 0.3 is 5.97 Å². The highest BCUT2D eigenvalue weighted by Crippen LogP contribution is 2.38. The predicted molar refractivity (Wildman–Crippen MR) is 287 cm³/mol. The number of methoxy groups -OCH3 is 5. The van der Waals surface area contributed by atoms with Crippen molar-refractivity contribution < 1.29 is 76.4 Å². The first-order valence-electron chi connectivity index (χ1n) is 27.9. The summed E-state index contributed by atoms with van der Waals surface area (Å²) in [6.45, 7) is 15.5. The first-order valence-corrected chi connectivity index (χ1v) is 27.9. The molecule has 0 radical (unpaired) electrons. The lowest BCUT2D eigenvalue weighted by molar-refractivity contribution is -0.266. The fourth-order valence-corrected chi connectivity index (χ4v) is 11.3. The Balaban J connectivity index is 1.72. The van der Waals surface area contributed by atoms with Gasteiger partial charge < -0.3 is 57.4 Å². The van der Waals surface area contributed by atoms with Crippen molar-refractivity contribution in [3.8, 4) is 0 Å². The maximum absolute atomic E-state index is 14.7. The number of piperidine rings is 1. The number of carbonyl (C=O) groups is 5. The van der Waals surface area contributed by atoms with Crippen LogP contribution in [0.25, 0.3) is 0 Å². The highest BCUT2D eigenvalue weighted by atomic mass is 16.6. The minimum absolute atomic E-state index is 0.0348. The first kappa shape index (κ1) is 65.0. The molecule has 0 aromatic carbocycles. The summed E-state index contributed by atoms with van der Waals surface area (Å²) in [6.07, 6.45) is 13.3. The molecule has 2 saturated heterocycles. The third-order valence-electron chi connectivity index (χ3n) is 16.0. The number of amides is 1. The molecule has 4 rings (SSSR count). The van der Waals surface area contributed by atoms with Gasteiger partial charge in [0.1, 0.15) is 30.1 Å². The molecule has 3 fully saturated rings. The molecule has 17 nitrogen and oxygen atoms in total. The van der Waals surface area contributed by atoms with Crippen molar-refractivity contribution in [2.24, 2.45) is 35.5 Å². The zero-order chi connectivity index (χ0) is 56.0. The van der Waals surface area contributed by atoms with Gasteiger partial charge in [-0.05, 0) is 107 Å². The summed E-state index contributed by atoms with van der Waals surface area (Å²) in [5, 5.41) is 12.2. The largest absolute Gasteiger partial charge is 0.460 e. The fourth-order valence-electron chi connectivity index (χ4n) is 11.3. The van der Waals surface area contributed by atoms with Gasteiger partial charge in [-0.25, -0.2) is 4.79 Å². The van der Waals surface area contributed by atoms with E-state index >= 15 is 0 Å². The molecule has 3 aliphatic heterocycles. The van der Waals surface area contributed by atoms with E-state index in [0.717, 1.165) is 18.4 Å². The maximum Gasteiger partial charge on any atom is 0.329 e. The molecule has 3 heterocycles. The van der Waals surface area contributed by atoms with E-state index in [2.05, 4.69) is 0 Å². The topological polar surface area (TPSA) is 201 Å². The van der Waals surface area contributed by atoms with E-state index in [1.807, 2.05) is 65.0 Å². The quantitative estimate of drug-likeness (QED) is 0.0648. The zero-order valence-corrected chi connectivity index (χ0v) is 48.0. The Morgan fingerprint density at radius 1 is 0.737 bits per heavy atom. The molecule has 1 N–H and O–H groups in total. The minimum Gasteiger partial charge on any atom is -0.460 e. The van der Waals surface area contributed by atoms with Crippen molar-refractivity contribution in [3.63, 3.8) is 0 Å². The van der Waals surface area contributed by atoms with Gasteiger partial charge in [0.05, 0.1) is 64.1 Å². The smallest absolute Gasteiger partial charge is 0.329 e. The number of hydrogen-bond acceptors (Lipinski definition) is 16. The van der Waals surface area contributed by atoms with Crippen LogP contribution in [0.1, 0.15) is 126 Å². The molecule has 15 atom stereocenters. The summed E-state index contributed by atoms with van der Waals surface area (Å²) >= 11 is 0. The standard InChI is InChI=1S/C59H95NO16/c1-38-18-14-13-15-19-39(2)50(74-31-29-72-28-26-67-8)36-46-23-21-44(7)59(66,76-46)56(63)57(64)60-25-17-16-20-47(60)58(65)75-51(41(4)34-45-22-24-49(52(35-45)69-10)73-30-27-68-9)37-48(61)40(3)33-43(6)54(70-11)55(71-12)53(62)42(5)32-38/h13-15,18-19,33,38,40-42,44-47,49-52,54-55,66H,16-17,20-32,34-37H2,1-12H3/b15-13?,18-14+,39-19?,43-33+/t38-,40-,41-,42-,44-,45+,46+,47+,49-,50+,51+,52-,54-,55+,59-/m1/s1. The maximum atomic E-state index is 14.7. The number of ether oxygens (including phenoxy) is 10. The van der Waals surface area contributed by atoms with Crippen LogP contribution in [0.15, 0.2) is 47.6 Å². The lowest BCUT2D eigenvalue weighted by Crippen LogP contribution is -2.61. The van der Waals surface area contributed by atoms with Crippen LogP contribution >= 0.6 is 0 Å². The van der Waals surface area contributed by atoms with Crippen LogP contribution < -0.4 is 0 Å². The van der Waals surface area contributed by atoms with E-state index in [0.29, 0.717) is 83.6 Å². The van der Waals surface area contributed by atoms with E-state index < -0.39 is 71.8 Å². The molecule has 2 bridgehead atoms. The molecule has 1 aliphatic carbocycles. The first-order chi connectivity index (χ1) is 36.3. The van der Waals surface area contributed by atoms with Crippen LogP contribution in [0.2, 0.25) is 0 Å². The third kappa shape index (κ3) is 19.1. The van der Waals surface area contributed by atoms with E-state index in [-0.39, 0.29) is 79.9 Å². The van der Waals surface area contributed by atoms with Crippen LogP contribution in [-0.2, 0) is 71.3 Å². The molecule has 4 aliphatic rings. The fraction of sp³-hybridized carbons (Fsp3) is 0.780. The molecule has 0 aromatic rings. The van der Waals surface area contributed by atoms with Crippen molar-refractivity contribution in [2.75, 3.05) is 81.7 Å². The number of fused-ring (bicyclic) bond motifs is 3. The van der Waals surface area contributed by atoms with Gasteiger partial charge in [0, 0.05) is 72.7 Å². The van der Waals surface area contributed by atoms with Crippen LogP contribution in [0.4, 0.5) is 0 Å². The van der Waals surface area contributed by atoms with Gasteiger partial charge in [0.25, 0.3) is 11.7 Å². The molecule has 0 aromatic heterocycles. The van der Waals surface area contributed by atoms with Crippen molar-refractivity contribution in [1.29, 1.82) is 0 Å². The average Bonchev–Trinajstić information content (AvgIpc) is 3.40. The second-order valence-electron chi connectivity index (χ2n) is 21.9. The van der Waals surface area contributed by atoms with Crippen molar-refractivity contribution in [3.05, 3.63) is 47.6 Å².